The highest BCUT2D eigenvalue weighted by Crippen LogP contribution is 2.24. The van der Waals surface area contributed by atoms with Crippen LogP contribution in [-0.2, 0) is 17.8 Å². The second-order valence-electron chi connectivity index (χ2n) is 7.60. The number of ether oxygens (including phenoxy) is 1. The van der Waals surface area contributed by atoms with Crippen LogP contribution < -0.4 is 15.6 Å². The van der Waals surface area contributed by atoms with Crippen molar-refractivity contribution in [3.63, 3.8) is 0 Å². The number of hydrogen-bond acceptors (Lipinski definition) is 5. The number of carbonyl (C=O) groups excluding carboxylic acids is 1. The first kappa shape index (κ1) is 22.3. The third-order valence-electron chi connectivity index (χ3n) is 5.53. The van der Waals surface area contributed by atoms with Gasteiger partial charge in [-0.3, -0.25) is 9.59 Å². The Kier molecular flexibility index (Phi) is 6.53. The Morgan fingerprint density at radius 1 is 1.06 bits per heavy atom. The van der Waals surface area contributed by atoms with E-state index in [-0.39, 0.29) is 17.9 Å². The summed E-state index contributed by atoms with van der Waals surface area (Å²) in [7, 11) is 0. The molecule has 0 aliphatic rings. The number of rotatable bonds is 8. The maximum Gasteiger partial charge on any atom is 0.279 e. The molecule has 0 bridgehead atoms. The predicted molar refractivity (Wildman–Crippen MR) is 128 cm³/mol. The molecule has 0 saturated heterocycles. The van der Waals surface area contributed by atoms with Crippen molar-refractivity contribution in [2.45, 2.75) is 40.2 Å². The van der Waals surface area contributed by atoms with Gasteiger partial charge in [-0.1, -0.05) is 42.5 Å². The molecule has 8 heteroatoms. The quantitative estimate of drug-likeness (QED) is 0.445. The molecule has 0 saturated carbocycles. The Morgan fingerprint density at radius 2 is 1.79 bits per heavy atom. The Bertz CT molecular complexity index is 1340. The zero-order chi connectivity index (χ0) is 23.4. The summed E-state index contributed by atoms with van der Waals surface area (Å²) >= 11 is 0. The van der Waals surface area contributed by atoms with Crippen LogP contribution >= 0.6 is 0 Å². The van der Waals surface area contributed by atoms with E-state index in [0.29, 0.717) is 48.2 Å². The topological polar surface area (TPSA) is 90.5 Å². The van der Waals surface area contributed by atoms with E-state index in [0.717, 1.165) is 11.3 Å². The summed E-state index contributed by atoms with van der Waals surface area (Å²) < 4.78 is 8.87. The van der Waals surface area contributed by atoms with Gasteiger partial charge in [-0.05, 0) is 39.3 Å². The average molecular weight is 446 g/mol. The van der Waals surface area contributed by atoms with E-state index in [9.17, 15) is 9.59 Å². The van der Waals surface area contributed by atoms with E-state index >= 15 is 0 Å². The van der Waals surface area contributed by atoms with Crippen molar-refractivity contribution >= 4 is 17.4 Å². The Hall–Kier alpha value is -3.94. The van der Waals surface area contributed by atoms with Gasteiger partial charge in [-0.25, -0.2) is 0 Å². The molecule has 1 amide bonds. The van der Waals surface area contributed by atoms with Gasteiger partial charge in [0.2, 0.25) is 11.7 Å². The van der Waals surface area contributed by atoms with Gasteiger partial charge in [-0.15, -0.1) is 5.10 Å². The zero-order valence-electron chi connectivity index (χ0n) is 19.0. The minimum Gasteiger partial charge on any atom is -0.492 e. The second-order valence-corrected chi connectivity index (χ2v) is 7.60. The fourth-order valence-corrected chi connectivity index (χ4v) is 3.89. The third-order valence-corrected chi connectivity index (χ3v) is 5.53. The molecule has 8 nitrogen and oxygen atoms in total. The fourth-order valence-electron chi connectivity index (χ4n) is 3.89. The standard InChI is InChI=1S/C25H27N5O3/c1-4-29-17(3)19(15-16-22(31)26-20-13-9-10-14-21(20)33-5-2)24(32)30-25(29)27-23(28-30)18-11-7-6-8-12-18/h6-14H,4-5,15-16H2,1-3H3,(H,26,31). The Morgan fingerprint density at radius 3 is 2.52 bits per heavy atom. The normalized spacial score (nSPS) is 11.0. The average Bonchev–Trinajstić information content (AvgIpc) is 3.27. The Balaban J connectivity index is 1.61. The number of hydrogen-bond donors (Lipinski definition) is 1. The summed E-state index contributed by atoms with van der Waals surface area (Å²) in [5.74, 6) is 1.43. The van der Waals surface area contributed by atoms with Crippen molar-refractivity contribution in [2.75, 3.05) is 11.9 Å². The summed E-state index contributed by atoms with van der Waals surface area (Å²) in [4.78, 5) is 30.5. The van der Waals surface area contributed by atoms with Crippen LogP contribution in [0.1, 0.15) is 31.5 Å². The number of amides is 1. The monoisotopic (exact) mass is 445 g/mol. The van der Waals surface area contributed by atoms with Crippen LogP contribution in [0.4, 0.5) is 5.69 Å². The number of para-hydroxylation sites is 2. The van der Waals surface area contributed by atoms with Gasteiger partial charge in [-0.2, -0.15) is 9.50 Å². The van der Waals surface area contributed by atoms with Gasteiger partial charge in [0.15, 0.2) is 5.82 Å². The predicted octanol–water partition coefficient (Wildman–Crippen LogP) is 3.86. The number of nitrogens with zero attached hydrogens (tertiary/aromatic N) is 4. The van der Waals surface area contributed by atoms with Gasteiger partial charge in [0.1, 0.15) is 5.75 Å². The van der Waals surface area contributed by atoms with Gasteiger partial charge >= 0.3 is 0 Å². The lowest BCUT2D eigenvalue weighted by Crippen LogP contribution is -2.27. The number of anilines is 1. The highest BCUT2D eigenvalue weighted by molar-refractivity contribution is 5.92. The molecule has 0 radical (unpaired) electrons. The van der Waals surface area contributed by atoms with Crippen molar-refractivity contribution in [1.82, 2.24) is 19.2 Å². The largest absolute Gasteiger partial charge is 0.492 e. The molecule has 0 spiro atoms. The van der Waals surface area contributed by atoms with Crippen molar-refractivity contribution in [3.8, 4) is 17.1 Å². The molecule has 2 heterocycles. The van der Waals surface area contributed by atoms with Crippen LogP contribution in [0.5, 0.6) is 5.75 Å². The van der Waals surface area contributed by atoms with E-state index in [4.69, 9.17) is 4.74 Å². The number of benzene rings is 2. The number of carbonyl (C=O) groups is 1. The molecule has 0 unspecified atom stereocenters. The fraction of sp³-hybridized carbons (Fsp3) is 0.280. The third kappa shape index (κ3) is 4.50. The van der Waals surface area contributed by atoms with Gasteiger partial charge in [0.25, 0.3) is 5.56 Å². The van der Waals surface area contributed by atoms with Gasteiger partial charge in [0, 0.05) is 29.8 Å². The smallest absolute Gasteiger partial charge is 0.279 e. The molecule has 4 aromatic rings. The van der Waals surface area contributed by atoms with Crippen LogP contribution in [0.3, 0.4) is 0 Å². The van der Waals surface area contributed by atoms with Crippen LogP contribution in [0.25, 0.3) is 17.2 Å². The van der Waals surface area contributed by atoms with Gasteiger partial charge < -0.3 is 14.6 Å². The van der Waals surface area contributed by atoms with Gasteiger partial charge in [0.05, 0.1) is 12.3 Å². The minimum absolute atomic E-state index is 0.159. The molecule has 1 N–H and O–H groups in total. The van der Waals surface area contributed by atoms with E-state index in [1.165, 1.54) is 4.52 Å². The molecule has 2 aromatic heterocycles. The summed E-state index contributed by atoms with van der Waals surface area (Å²) in [5.41, 5.74) is 2.57. The first-order valence-corrected chi connectivity index (χ1v) is 11.1. The molecule has 0 aliphatic heterocycles. The summed E-state index contributed by atoms with van der Waals surface area (Å²) in [6.07, 6.45) is 0.454. The summed E-state index contributed by atoms with van der Waals surface area (Å²) in [6.45, 7) is 6.91. The Labute approximate surface area is 191 Å². The summed E-state index contributed by atoms with van der Waals surface area (Å²) in [5, 5.41) is 7.36. The van der Waals surface area contributed by atoms with Crippen LogP contribution in [0.15, 0.2) is 59.4 Å². The molecule has 170 valence electrons. The molecular weight excluding hydrogens is 418 g/mol. The molecular formula is C25H27N5O3. The first-order valence-electron chi connectivity index (χ1n) is 11.1. The van der Waals surface area contributed by atoms with Crippen LogP contribution in [-0.4, -0.2) is 31.7 Å². The maximum atomic E-state index is 13.3. The first-order chi connectivity index (χ1) is 16.0. The second kappa shape index (κ2) is 9.68. The molecule has 33 heavy (non-hydrogen) atoms. The zero-order valence-corrected chi connectivity index (χ0v) is 19.0. The minimum atomic E-state index is -0.246. The van der Waals surface area contributed by atoms with E-state index in [2.05, 4.69) is 15.4 Å². The SMILES string of the molecule is CCOc1ccccc1NC(=O)CCc1c(C)n(CC)c2nc(-c3ccccc3)nn2c1=O. The lowest BCUT2D eigenvalue weighted by atomic mass is 10.1. The summed E-state index contributed by atoms with van der Waals surface area (Å²) in [6, 6.07) is 16.9. The maximum absolute atomic E-state index is 13.3. The van der Waals surface area contributed by atoms with Crippen molar-refractivity contribution in [3.05, 3.63) is 76.2 Å². The van der Waals surface area contributed by atoms with Crippen molar-refractivity contribution in [2.24, 2.45) is 0 Å². The number of aromatic nitrogens is 4. The molecule has 0 atom stereocenters. The molecule has 4 rings (SSSR count). The molecule has 2 aromatic carbocycles. The lowest BCUT2D eigenvalue weighted by Gasteiger charge is -2.14. The number of fused-ring (bicyclic) bond motifs is 1. The molecule has 0 aliphatic carbocycles. The van der Waals surface area contributed by atoms with E-state index in [1.54, 1.807) is 6.07 Å². The highest BCUT2D eigenvalue weighted by Gasteiger charge is 2.19. The van der Waals surface area contributed by atoms with Crippen LogP contribution in [0, 0.1) is 6.92 Å². The van der Waals surface area contributed by atoms with Crippen molar-refractivity contribution < 1.29 is 9.53 Å². The van der Waals surface area contributed by atoms with Crippen molar-refractivity contribution in [1.29, 1.82) is 0 Å². The van der Waals surface area contributed by atoms with Crippen LogP contribution in [0.2, 0.25) is 0 Å². The highest BCUT2D eigenvalue weighted by atomic mass is 16.5. The number of nitrogens with one attached hydrogen (secondary N) is 1. The lowest BCUT2D eigenvalue weighted by molar-refractivity contribution is -0.116. The number of aryl methyl sites for hydroxylation is 1. The van der Waals surface area contributed by atoms with E-state index in [1.807, 2.05) is 73.9 Å². The molecule has 0 fully saturated rings. The van der Waals surface area contributed by atoms with E-state index < -0.39 is 0 Å².